The zero-order valence-corrected chi connectivity index (χ0v) is 9.26. The quantitative estimate of drug-likeness (QED) is 0.799. The van der Waals surface area contributed by atoms with Crippen LogP contribution in [0.25, 0.3) is 0 Å². The Labute approximate surface area is 91.5 Å². The molecule has 15 heavy (non-hydrogen) atoms. The summed E-state index contributed by atoms with van der Waals surface area (Å²) >= 11 is 0. The maximum absolute atomic E-state index is 10.2. The number of nitrogens with zero attached hydrogens (tertiary/aromatic N) is 1. The Balaban J connectivity index is 2.04. The van der Waals surface area contributed by atoms with Crippen LogP contribution in [-0.2, 0) is 0 Å². The van der Waals surface area contributed by atoms with Gasteiger partial charge in [0.05, 0.1) is 6.10 Å². The smallest absolute Gasteiger partial charge is 0.0830 e. The summed E-state index contributed by atoms with van der Waals surface area (Å²) in [7, 11) is 2.13. The molecule has 1 N–H and O–H groups in total. The van der Waals surface area contributed by atoms with Gasteiger partial charge < -0.3 is 10.0 Å². The fraction of sp³-hybridized carbons (Fsp3) is 0.538. The highest BCUT2D eigenvalue weighted by molar-refractivity contribution is 5.18. The molecule has 1 saturated heterocycles. The van der Waals surface area contributed by atoms with E-state index in [1.165, 1.54) is 6.42 Å². The number of hydrogen-bond donors (Lipinski definition) is 1. The first kappa shape index (κ1) is 10.7. The molecular formula is C13H19NO. The maximum atomic E-state index is 10.2. The molecule has 2 unspecified atom stereocenters. The number of rotatable bonds is 2. The van der Waals surface area contributed by atoms with Gasteiger partial charge in [-0.15, -0.1) is 0 Å². The lowest BCUT2D eigenvalue weighted by Crippen LogP contribution is -2.35. The van der Waals surface area contributed by atoms with E-state index in [1.54, 1.807) is 0 Å². The van der Waals surface area contributed by atoms with Crippen LogP contribution in [0.1, 0.15) is 24.5 Å². The highest BCUT2D eigenvalue weighted by Gasteiger charge is 2.24. The molecule has 0 spiro atoms. The largest absolute Gasteiger partial charge is 0.388 e. The van der Waals surface area contributed by atoms with Gasteiger partial charge in [-0.1, -0.05) is 30.3 Å². The van der Waals surface area contributed by atoms with E-state index in [0.717, 1.165) is 25.1 Å². The van der Waals surface area contributed by atoms with E-state index in [4.69, 9.17) is 0 Å². The standard InChI is InChI=1S/C13H19NO/c1-14-9-5-8-12(10-14)13(15)11-6-3-2-4-7-11/h2-4,6-7,12-13,15H,5,8-10H2,1H3. The number of likely N-dealkylation sites (tertiary alicyclic amines) is 1. The molecular weight excluding hydrogens is 186 g/mol. The first-order valence-corrected chi connectivity index (χ1v) is 5.69. The third-order valence-electron chi connectivity index (χ3n) is 3.25. The summed E-state index contributed by atoms with van der Waals surface area (Å²) in [6, 6.07) is 10.00. The van der Waals surface area contributed by atoms with Crippen LogP contribution in [0.4, 0.5) is 0 Å². The lowest BCUT2D eigenvalue weighted by atomic mass is 9.89. The van der Waals surface area contributed by atoms with Gasteiger partial charge in [0.15, 0.2) is 0 Å². The number of aliphatic hydroxyl groups excluding tert-OH is 1. The fourth-order valence-electron chi connectivity index (χ4n) is 2.39. The predicted molar refractivity (Wildman–Crippen MR) is 61.6 cm³/mol. The van der Waals surface area contributed by atoms with Crippen molar-refractivity contribution in [1.29, 1.82) is 0 Å². The summed E-state index contributed by atoms with van der Waals surface area (Å²) in [4.78, 5) is 2.31. The highest BCUT2D eigenvalue weighted by atomic mass is 16.3. The van der Waals surface area contributed by atoms with Gasteiger partial charge in [0.2, 0.25) is 0 Å². The third-order valence-corrected chi connectivity index (χ3v) is 3.25. The molecule has 1 fully saturated rings. The van der Waals surface area contributed by atoms with Crippen molar-refractivity contribution in [2.24, 2.45) is 5.92 Å². The van der Waals surface area contributed by atoms with E-state index in [0.29, 0.717) is 5.92 Å². The molecule has 0 aliphatic carbocycles. The van der Waals surface area contributed by atoms with Crippen molar-refractivity contribution in [1.82, 2.24) is 4.90 Å². The van der Waals surface area contributed by atoms with Crippen molar-refractivity contribution in [2.45, 2.75) is 18.9 Å². The van der Waals surface area contributed by atoms with Crippen molar-refractivity contribution >= 4 is 0 Å². The molecule has 1 aromatic carbocycles. The van der Waals surface area contributed by atoms with Gasteiger partial charge in [-0.3, -0.25) is 0 Å². The first-order chi connectivity index (χ1) is 7.27. The SMILES string of the molecule is CN1CCCC(C(O)c2ccccc2)C1. The van der Waals surface area contributed by atoms with Crippen molar-refractivity contribution in [3.8, 4) is 0 Å². The van der Waals surface area contributed by atoms with Gasteiger partial charge >= 0.3 is 0 Å². The average Bonchev–Trinajstić information content (AvgIpc) is 2.29. The Morgan fingerprint density at radius 2 is 2.07 bits per heavy atom. The van der Waals surface area contributed by atoms with E-state index in [1.807, 2.05) is 30.3 Å². The monoisotopic (exact) mass is 205 g/mol. The van der Waals surface area contributed by atoms with Crippen LogP contribution in [0.5, 0.6) is 0 Å². The predicted octanol–water partition coefficient (Wildman–Crippen LogP) is 2.06. The fourth-order valence-corrected chi connectivity index (χ4v) is 2.39. The van der Waals surface area contributed by atoms with E-state index in [9.17, 15) is 5.11 Å². The Kier molecular flexibility index (Phi) is 3.39. The van der Waals surface area contributed by atoms with Crippen LogP contribution in [-0.4, -0.2) is 30.1 Å². The van der Waals surface area contributed by atoms with Crippen molar-refractivity contribution < 1.29 is 5.11 Å². The number of hydrogen-bond acceptors (Lipinski definition) is 2. The first-order valence-electron chi connectivity index (χ1n) is 5.69. The van der Waals surface area contributed by atoms with Gasteiger partial charge in [-0.25, -0.2) is 0 Å². The third kappa shape index (κ3) is 2.58. The summed E-state index contributed by atoms with van der Waals surface area (Å²) in [6.07, 6.45) is 2.04. The van der Waals surface area contributed by atoms with Crippen LogP contribution in [0.2, 0.25) is 0 Å². The van der Waals surface area contributed by atoms with Gasteiger partial charge in [-0.2, -0.15) is 0 Å². The lowest BCUT2D eigenvalue weighted by Gasteiger charge is -2.32. The van der Waals surface area contributed by atoms with E-state index >= 15 is 0 Å². The molecule has 2 atom stereocenters. The Bertz CT molecular complexity index is 299. The van der Waals surface area contributed by atoms with Gasteiger partial charge in [0, 0.05) is 12.5 Å². The average molecular weight is 205 g/mol. The minimum atomic E-state index is -0.297. The number of aliphatic hydroxyl groups is 1. The van der Waals surface area contributed by atoms with E-state index in [-0.39, 0.29) is 6.10 Å². The molecule has 2 heteroatoms. The van der Waals surface area contributed by atoms with Crippen LogP contribution in [0, 0.1) is 5.92 Å². The van der Waals surface area contributed by atoms with Crippen molar-refractivity contribution in [3.05, 3.63) is 35.9 Å². The molecule has 0 aromatic heterocycles. The molecule has 0 radical (unpaired) electrons. The number of piperidine rings is 1. The van der Waals surface area contributed by atoms with E-state index in [2.05, 4.69) is 11.9 Å². The summed E-state index contributed by atoms with van der Waals surface area (Å²) in [6.45, 7) is 2.17. The van der Waals surface area contributed by atoms with Crippen molar-refractivity contribution in [2.75, 3.05) is 20.1 Å². The highest BCUT2D eigenvalue weighted by Crippen LogP contribution is 2.28. The lowest BCUT2D eigenvalue weighted by molar-refractivity contribution is 0.0592. The summed E-state index contributed by atoms with van der Waals surface area (Å²) in [5.41, 5.74) is 1.05. The minimum absolute atomic E-state index is 0.297. The summed E-state index contributed by atoms with van der Waals surface area (Å²) in [5, 5.41) is 10.2. The molecule has 1 aliphatic rings. The molecule has 2 rings (SSSR count). The summed E-state index contributed by atoms with van der Waals surface area (Å²) < 4.78 is 0. The zero-order chi connectivity index (χ0) is 10.7. The molecule has 0 bridgehead atoms. The van der Waals surface area contributed by atoms with Crippen LogP contribution >= 0.6 is 0 Å². The Hall–Kier alpha value is -0.860. The summed E-state index contributed by atoms with van der Waals surface area (Å²) in [5.74, 6) is 0.395. The molecule has 1 aliphatic heterocycles. The van der Waals surface area contributed by atoms with Gasteiger partial charge in [0.1, 0.15) is 0 Å². The molecule has 0 amide bonds. The molecule has 2 nitrogen and oxygen atoms in total. The number of benzene rings is 1. The normalized spacial score (nSPS) is 25.1. The second kappa shape index (κ2) is 4.77. The zero-order valence-electron chi connectivity index (χ0n) is 9.26. The molecule has 1 aromatic rings. The van der Waals surface area contributed by atoms with Crippen molar-refractivity contribution in [3.63, 3.8) is 0 Å². The minimum Gasteiger partial charge on any atom is -0.388 e. The molecule has 0 saturated carbocycles. The second-order valence-corrected chi connectivity index (χ2v) is 4.52. The van der Waals surface area contributed by atoms with Crippen LogP contribution < -0.4 is 0 Å². The van der Waals surface area contributed by atoms with Crippen LogP contribution in [0.3, 0.4) is 0 Å². The Morgan fingerprint density at radius 1 is 1.33 bits per heavy atom. The topological polar surface area (TPSA) is 23.5 Å². The molecule has 1 heterocycles. The van der Waals surface area contributed by atoms with Crippen LogP contribution in [0.15, 0.2) is 30.3 Å². The van der Waals surface area contributed by atoms with Gasteiger partial charge in [0.25, 0.3) is 0 Å². The second-order valence-electron chi connectivity index (χ2n) is 4.52. The maximum Gasteiger partial charge on any atom is 0.0830 e. The van der Waals surface area contributed by atoms with Gasteiger partial charge in [-0.05, 0) is 32.0 Å². The Morgan fingerprint density at radius 3 is 2.73 bits per heavy atom. The molecule has 82 valence electrons. The van der Waals surface area contributed by atoms with E-state index < -0.39 is 0 Å².